The van der Waals surface area contributed by atoms with E-state index in [1.54, 1.807) is 56.7 Å². The minimum absolute atomic E-state index is 0.0112. The minimum Gasteiger partial charge on any atom is -0.507 e. The fourth-order valence-corrected chi connectivity index (χ4v) is 4.42. The van der Waals surface area contributed by atoms with Crippen molar-refractivity contribution < 1.29 is 33.6 Å². The summed E-state index contributed by atoms with van der Waals surface area (Å²) in [5.74, 6) is 0.536. The number of aliphatic hydroxyl groups excluding tert-OH is 1. The molecule has 1 N–H and O–H groups in total. The van der Waals surface area contributed by atoms with Crippen LogP contribution in [0, 0.1) is 0 Å². The van der Waals surface area contributed by atoms with Gasteiger partial charge >= 0.3 is 0 Å². The number of likely N-dealkylation sites (tertiary alicyclic amines) is 1. The van der Waals surface area contributed by atoms with E-state index in [-0.39, 0.29) is 17.9 Å². The average Bonchev–Trinajstić information content (AvgIpc) is 3.20. The summed E-state index contributed by atoms with van der Waals surface area (Å²) in [5, 5.41) is 11.3. The number of carbonyl (C=O) groups is 2. The Bertz CT molecular complexity index is 1310. The third-order valence-electron chi connectivity index (χ3n) is 6.43. The number of methoxy groups -OCH3 is 4. The Morgan fingerprint density at radius 1 is 0.784 bits per heavy atom. The molecule has 0 spiro atoms. The molecule has 0 aliphatic carbocycles. The molecule has 0 aromatic heterocycles. The summed E-state index contributed by atoms with van der Waals surface area (Å²) in [7, 11) is 6.15. The van der Waals surface area contributed by atoms with Crippen molar-refractivity contribution in [3.63, 3.8) is 0 Å². The van der Waals surface area contributed by atoms with Crippen molar-refractivity contribution in [2.75, 3.05) is 35.0 Å². The average molecular weight is 504 g/mol. The Balaban J connectivity index is 1.77. The lowest BCUT2D eigenvalue weighted by molar-refractivity contribution is -0.139. The first kappa shape index (κ1) is 25.6. The van der Waals surface area contributed by atoms with Crippen LogP contribution >= 0.6 is 0 Å². The molecule has 0 bridgehead atoms. The molecule has 1 aliphatic heterocycles. The number of hydrogen-bond acceptors (Lipinski definition) is 7. The van der Waals surface area contributed by atoms with E-state index in [2.05, 4.69) is 0 Å². The van der Waals surface area contributed by atoms with E-state index in [0.29, 0.717) is 34.8 Å². The van der Waals surface area contributed by atoms with Crippen molar-refractivity contribution in [1.29, 1.82) is 0 Å². The molecule has 0 radical (unpaired) electrons. The van der Waals surface area contributed by atoms with Gasteiger partial charge in [-0.2, -0.15) is 0 Å². The van der Waals surface area contributed by atoms with E-state index in [4.69, 9.17) is 18.9 Å². The highest BCUT2D eigenvalue weighted by molar-refractivity contribution is 6.46. The third kappa shape index (κ3) is 5.09. The van der Waals surface area contributed by atoms with Crippen LogP contribution in [-0.2, 0) is 16.0 Å². The van der Waals surface area contributed by atoms with Gasteiger partial charge in [-0.1, -0.05) is 24.3 Å². The van der Waals surface area contributed by atoms with Crippen molar-refractivity contribution in [1.82, 2.24) is 4.90 Å². The Morgan fingerprint density at radius 3 is 1.95 bits per heavy atom. The zero-order valence-electron chi connectivity index (χ0n) is 21.2. The molecule has 8 heteroatoms. The standard InChI is InChI=1S/C29H29NO7/c1-34-21-10-5-18(6-11-21)15-16-30-26(19-7-12-22(35-2)13-8-19)25(28(32)29(30)33)27(31)20-9-14-23(36-3)24(17-20)37-4/h5-14,17,26,31H,15-16H2,1-4H3/b27-25-. The normalized spacial score (nSPS) is 16.5. The van der Waals surface area contributed by atoms with Gasteiger partial charge in [0.15, 0.2) is 11.5 Å². The van der Waals surface area contributed by atoms with Crippen LogP contribution in [0.1, 0.15) is 22.7 Å². The zero-order valence-corrected chi connectivity index (χ0v) is 21.2. The summed E-state index contributed by atoms with van der Waals surface area (Å²) in [6.07, 6.45) is 0.514. The SMILES string of the molecule is COc1ccc(CCN2C(=O)C(=O)/C(=C(\O)c3ccc(OC)c(OC)c3)C2c2ccc(OC)cc2)cc1. The van der Waals surface area contributed by atoms with Gasteiger partial charge < -0.3 is 29.0 Å². The van der Waals surface area contributed by atoms with Crippen LogP contribution in [0.4, 0.5) is 0 Å². The van der Waals surface area contributed by atoms with Gasteiger partial charge in [-0.25, -0.2) is 0 Å². The molecule has 1 saturated heterocycles. The van der Waals surface area contributed by atoms with Crippen molar-refractivity contribution >= 4 is 17.4 Å². The first-order valence-corrected chi connectivity index (χ1v) is 11.7. The van der Waals surface area contributed by atoms with Crippen molar-refractivity contribution in [2.45, 2.75) is 12.5 Å². The molecule has 4 rings (SSSR count). The highest BCUT2D eigenvalue weighted by Gasteiger charge is 2.45. The lowest BCUT2D eigenvalue weighted by Gasteiger charge is -2.25. The van der Waals surface area contributed by atoms with E-state index >= 15 is 0 Å². The van der Waals surface area contributed by atoms with E-state index in [1.165, 1.54) is 19.1 Å². The van der Waals surface area contributed by atoms with Crippen molar-refractivity contribution in [2.24, 2.45) is 0 Å². The Morgan fingerprint density at radius 2 is 1.38 bits per heavy atom. The molecule has 3 aromatic carbocycles. The lowest BCUT2D eigenvalue weighted by Crippen LogP contribution is -2.31. The molecular weight excluding hydrogens is 474 g/mol. The van der Waals surface area contributed by atoms with Crippen molar-refractivity contribution in [3.8, 4) is 23.0 Å². The first-order chi connectivity index (χ1) is 17.9. The topological polar surface area (TPSA) is 94.5 Å². The number of amides is 1. The summed E-state index contributed by atoms with van der Waals surface area (Å²) in [4.78, 5) is 28.0. The van der Waals surface area contributed by atoms with Crippen LogP contribution in [0.2, 0.25) is 0 Å². The van der Waals surface area contributed by atoms with E-state index in [0.717, 1.165) is 11.3 Å². The Kier molecular flexibility index (Phi) is 7.67. The summed E-state index contributed by atoms with van der Waals surface area (Å²) in [6, 6.07) is 18.7. The van der Waals surface area contributed by atoms with Gasteiger partial charge in [0, 0.05) is 12.1 Å². The molecular formula is C29H29NO7. The molecule has 37 heavy (non-hydrogen) atoms. The summed E-state index contributed by atoms with van der Waals surface area (Å²) in [5.41, 5.74) is 2.01. The molecule has 0 saturated carbocycles. The lowest BCUT2D eigenvalue weighted by atomic mass is 9.95. The van der Waals surface area contributed by atoms with E-state index < -0.39 is 17.7 Å². The third-order valence-corrected chi connectivity index (χ3v) is 6.43. The monoisotopic (exact) mass is 503 g/mol. The number of ketones is 1. The number of benzene rings is 3. The maximum Gasteiger partial charge on any atom is 0.295 e. The molecule has 1 heterocycles. The number of carbonyl (C=O) groups excluding carboxylic acids is 2. The number of Topliss-reactive ketones (excluding diaryl/α,β-unsaturated/α-hetero) is 1. The van der Waals surface area contributed by atoms with E-state index in [9.17, 15) is 14.7 Å². The molecule has 1 unspecified atom stereocenters. The van der Waals surface area contributed by atoms with Gasteiger partial charge in [-0.3, -0.25) is 9.59 Å². The number of nitrogens with zero attached hydrogens (tertiary/aromatic N) is 1. The highest BCUT2D eigenvalue weighted by Crippen LogP contribution is 2.41. The number of hydrogen-bond donors (Lipinski definition) is 1. The van der Waals surface area contributed by atoms with Crippen LogP contribution in [0.5, 0.6) is 23.0 Å². The van der Waals surface area contributed by atoms with Crippen LogP contribution < -0.4 is 18.9 Å². The number of rotatable bonds is 9. The van der Waals surface area contributed by atoms with Gasteiger partial charge in [0.05, 0.1) is 40.1 Å². The van der Waals surface area contributed by atoms with Crippen LogP contribution in [0.25, 0.3) is 5.76 Å². The fraction of sp³-hybridized carbons (Fsp3) is 0.241. The molecule has 1 atom stereocenters. The zero-order chi connectivity index (χ0) is 26.5. The maximum absolute atomic E-state index is 13.3. The number of ether oxygens (including phenoxy) is 4. The smallest absolute Gasteiger partial charge is 0.295 e. The second-order valence-corrected chi connectivity index (χ2v) is 8.43. The highest BCUT2D eigenvalue weighted by atomic mass is 16.5. The quantitative estimate of drug-likeness (QED) is 0.263. The predicted molar refractivity (Wildman–Crippen MR) is 138 cm³/mol. The summed E-state index contributed by atoms with van der Waals surface area (Å²) >= 11 is 0. The van der Waals surface area contributed by atoms with Gasteiger partial charge in [0.2, 0.25) is 0 Å². The second-order valence-electron chi connectivity index (χ2n) is 8.43. The predicted octanol–water partition coefficient (Wildman–Crippen LogP) is 4.39. The van der Waals surface area contributed by atoms with Crippen LogP contribution in [-0.4, -0.2) is 56.7 Å². The Labute approximate surface area is 215 Å². The van der Waals surface area contributed by atoms with Crippen molar-refractivity contribution in [3.05, 3.63) is 89.0 Å². The molecule has 1 amide bonds. The Hall–Kier alpha value is -4.46. The second kappa shape index (κ2) is 11.1. The van der Waals surface area contributed by atoms with Gasteiger partial charge in [-0.15, -0.1) is 0 Å². The largest absolute Gasteiger partial charge is 0.507 e. The fourth-order valence-electron chi connectivity index (χ4n) is 4.42. The van der Waals surface area contributed by atoms with Crippen LogP contribution in [0.15, 0.2) is 72.3 Å². The molecule has 3 aromatic rings. The van der Waals surface area contributed by atoms with E-state index in [1.807, 2.05) is 24.3 Å². The molecule has 1 aliphatic rings. The van der Waals surface area contributed by atoms with Gasteiger partial charge in [-0.05, 0) is 60.0 Å². The minimum atomic E-state index is -0.780. The van der Waals surface area contributed by atoms with Gasteiger partial charge in [0.1, 0.15) is 17.3 Å². The summed E-state index contributed by atoms with van der Waals surface area (Å²) < 4.78 is 21.1. The first-order valence-electron chi connectivity index (χ1n) is 11.7. The molecule has 1 fully saturated rings. The molecule has 8 nitrogen and oxygen atoms in total. The number of aliphatic hydroxyl groups is 1. The summed E-state index contributed by atoms with van der Waals surface area (Å²) in [6.45, 7) is 0.274. The van der Waals surface area contributed by atoms with Crippen LogP contribution in [0.3, 0.4) is 0 Å². The molecule has 192 valence electrons. The van der Waals surface area contributed by atoms with Gasteiger partial charge in [0.25, 0.3) is 11.7 Å². The maximum atomic E-state index is 13.3.